The molecule has 0 saturated heterocycles. The van der Waals surface area contributed by atoms with Crippen molar-refractivity contribution in [1.82, 2.24) is 14.2 Å². The Morgan fingerprint density at radius 2 is 1.92 bits per heavy atom. The minimum atomic E-state index is -0.371. The summed E-state index contributed by atoms with van der Waals surface area (Å²) >= 11 is 0. The largest absolute Gasteiger partial charge is 0.350 e. The van der Waals surface area contributed by atoms with Gasteiger partial charge in [-0.05, 0) is 41.0 Å². The third-order valence-electron chi connectivity index (χ3n) is 3.88. The van der Waals surface area contributed by atoms with Crippen LogP contribution in [0.1, 0.15) is 6.92 Å². The Kier molecular flexibility index (Phi) is 4.94. The summed E-state index contributed by atoms with van der Waals surface area (Å²) in [7, 11) is 0. The van der Waals surface area contributed by atoms with E-state index >= 15 is 0 Å². The van der Waals surface area contributed by atoms with Crippen molar-refractivity contribution in [3.63, 3.8) is 0 Å². The Morgan fingerprint density at radius 1 is 1.23 bits per heavy atom. The van der Waals surface area contributed by atoms with Crippen LogP contribution < -0.4 is 16.7 Å². The van der Waals surface area contributed by atoms with Crippen LogP contribution in [0.3, 0.4) is 0 Å². The molecule has 7 nitrogen and oxygen atoms in total. The first kappa shape index (κ1) is 17.6. The Labute approximate surface area is 148 Å². The smallest absolute Gasteiger partial charge is 0.327 e. The van der Waals surface area contributed by atoms with Gasteiger partial charge in [0.2, 0.25) is 5.91 Å². The van der Waals surface area contributed by atoms with E-state index in [1.807, 2.05) is 18.2 Å². The molecule has 1 amide bonds. The third kappa shape index (κ3) is 3.55. The molecule has 8 heteroatoms. The van der Waals surface area contributed by atoms with E-state index in [4.69, 9.17) is 5.73 Å². The number of nitrogens with zero attached hydrogens (tertiary/aromatic N) is 3. The fraction of sp³-hybridized carbons (Fsp3) is 0.167. The van der Waals surface area contributed by atoms with Crippen LogP contribution in [-0.2, 0) is 11.3 Å². The molecule has 0 spiro atoms. The Balaban J connectivity index is 1.95. The Bertz CT molecular complexity index is 1030. The van der Waals surface area contributed by atoms with Gasteiger partial charge in [-0.25, -0.2) is 18.3 Å². The van der Waals surface area contributed by atoms with Crippen LogP contribution >= 0.6 is 0 Å². The Hall–Kier alpha value is -3.26. The second-order valence-electron chi connectivity index (χ2n) is 5.82. The zero-order valence-electron chi connectivity index (χ0n) is 14.1. The van der Waals surface area contributed by atoms with Crippen molar-refractivity contribution in [3.05, 3.63) is 65.0 Å². The highest BCUT2D eigenvalue weighted by atomic mass is 19.1. The summed E-state index contributed by atoms with van der Waals surface area (Å²) in [5.41, 5.74) is 8.20. The van der Waals surface area contributed by atoms with Crippen LogP contribution in [-0.4, -0.2) is 26.6 Å². The first-order chi connectivity index (χ1) is 12.5. The number of pyridine rings is 1. The average molecular weight is 355 g/mol. The number of carbonyl (C=O) groups is 1. The molecule has 0 radical (unpaired) electrons. The molecule has 0 aliphatic heterocycles. The number of amides is 1. The molecule has 2 aromatic heterocycles. The average Bonchev–Trinajstić information content (AvgIpc) is 2.95. The number of fused-ring (bicyclic) bond motifs is 1. The number of anilines is 1. The van der Waals surface area contributed by atoms with E-state index in [0.29, 0.717) is 17.7 Å². The van der Waals surface area contributed by atoms with Gasteiger partial charge in [0.25, 0.3) is 0 Å². The first-order valence-corrected chi connectivity index (χ1v) is 7.97. The van der Waals surface area contributed by atoms with Gasteiger partial charge in [0.1, 0.15) is 0 Å². The Morgan fingerprint density at radius 3 is 2.54 bits per heavy atom. The van der Waals surface area contributed by atoms with Crippen LogP contribution in [0.5, 0.6) is 0 Å². The number of aromatic nitrogens is 3. The molecule has 0 fully saturated rings. The van der Waals surface area contributed by atoms with Gasteiger partial charge in [-0.2, -0.15) is 0 Å². The summed E-state index contributed by atoms with van der Waals surface area (Å²) in [5.74, 6) is -0.141. The number of nitrogens with two attached hydrogens (primary N) is 1. The number of benzene rings is 1. The van der Waals surface area contributed by atoms with Gasteiger partial charge in [0.05, 0.1) is 12.9 Å². The minimum Gasteiger partial charge on any atom is -0.327 e. The van der Waals surface area contributed by atoms with Gasteiger partial charge in [0.15, 0.2) is 5.65 Å². The molecule has 1 aromatic carbocycles. The molecular weight excluding hydrogens is 337 g/mol. The lowest BCUT2D eigenvalue weighted by Crippen LogP contribution is -2.23. The van der Waals surface area contributed by atoms with E-state index in [2.05, 4.69) is 10.4 Å². The molecule has 0 atom stereocenters. The second-order valence-corrected chi connectivity index (χ2v) is 5.82. The van der Waals surface area contributed by atoms with E-state index in [1.54, 1.807) is 24.4 Å². The molecule has 0 bridgehead atoms. The molecule has 3 N–H and O–H groups in total. The zero-order valence-corrected chi connectivity index (χ0v) is 14.1. The number of nitrogens with one attached hydrogen (secondary N) is 1. The predicted octanol–water partition coefficient (Wildman–Crippen LogP) is 1.93. The highest BCUT2D eigenvalue weighted by molar-refractivity contribution is 5.89. The lowest BCUT2D eigenvalue weighted by atomic mass is 10.1. The first-order valence-electron chi connectivity index (χ1n) is 7.97. The maximum atomic E-state index is 12.7. The number of halogens is 1. The third-order valence-corrected chi connectivity index (χ3v) is 3.88. The van der Waals surface area contributed by atoms with E-state index in [0.717, 1.165) is 11.1 Å². The van der Waals surface area contributed by atoms with Crippen LogP contribution in [0.4, 0.5) is 10.1 Å². The maximum absolute atomic E-state index is 12.7. The van der Waals surface area contributed by atoms with E-state index in [-0.39, 0.29) is 30.3 Å². The van der Waals surface area contributed by atoms with Gasteiger partial charge < -0.3 is 11.1 Å². The summed E-state index contributed by atoms with van der Waals surface area (Å²) in [6.07, 6.45) is 2.08. The van der Waals surface area contributed by atoms with Crippen molar-refractivity contribution in [2.24, 2.45) is 5.73 Å². The predicted molar refractivity (Wildman–Crippen MR) is 97.4 cm³/mol. The summed E-state index contributed by atoms with van der Waals surface area (Å²) < 4.78 is 15.3. The van der Waals surface area contributed by atoms with Crippen LogP contribution in [0.15, 0.2) is 59.3 Å². The van der Waals surface area contributed by atoms with Gasteiger partial charge in [-0.15, -0.1) is 5.10 Å². The van der Waals surface area contributed by atoms with E-state index < -0.39 is 0 Å². The van der Waals surface area contributed by atoms with Crippen molar-refractivity contribution in [1.29, 1.82) is 0 Å². The fourth-order valence-electron chi connectivity index (χ4n) is 2.58. The standard InChI is InChI=1S/C18H18FN5O2/c1-12(25)21-16-5-2-14(3-6-16)15-4-7-17-22-24(10-13(8-19)9-20)18(26)23(17)11-15/h2-8,11H,9-10,20H2,1H3,(H,21,25)/b13-8+. The molecule has 0 saturated carbocycles. The van der Waals surface area contributed by atoms with Crippen molar-refractivity contribution in [2.75, 3.05) is 11.9 Å². The molecule has 0 aliphatic carbocycles. The van der Waals surface area contributed by atoms with Crippen molar-refractivity contribution >= 4 is 17.2 Å². The number of hydrogen-bond acceptors (Lipinski definition) is 4. The molecule has 2 heterocycles. The van der Waals surface area contributed by atoms with Crippen molar-refractivity contribution in [3.8, 4) is 11.1 Å². The number of rotatable bonds is 5. The second kappa shape index (κ2) is 7.32. The molecular formula is C18H18FN5O2. The lowest BCUT2D eigenvalue weighted by Gasteiger charge is -2.05. The molecule has 3 aromatic rings. The summed E-state index contributed by atoms with van der Waals surface area (Å²) in [6.45, 7) is 1.47. The zero-order chi connectivity index (χ0) is 18.7. The van der Waals surface area contributed by atoms with E-state index in [9.17, 15) is 14.0 Å². The van der Waals surface area contributed by atoms with Crippen LogP contribution in [0.2, 0.25) is 0 Å². The van der Waals surface area contributed by atoms with Crippen molar-refractivity contribution in [2.45, 2.75) is 13.5 Å². The van der Waals surface area contributed by atoms with Gasteiger partial charge in [0, 0.05) is 25.4 Å². The quantitative estimate of drug-likeness (QED) is 0.731. The van der Waals surface area contributed by atoms with Gasteiger partial charge >= 0.3 is 5.69 Å². The van der Waals surface area contributed by atoms with Crippen LogP contribution in [0, 0.1) is 0 Å². The molecule has 134 valence electrons. The number of carbonyl (C=O) groups excluding carboxylic acids is 1. The summed E-state index contributed by atoms with van der Waals surface area (Å²) in [5, 5.41) is 6.89. The molecule has 26 heavy (non-hydrogen) atoms. The van der Waals surface area contributed by atoms with Crippen LogP contribution in [0.25, 0.3) is 16.8 Å². The fourth-order valence-corrected chi connectivity index (χ4v) is 2.58. The molecule has 0 aliphatic rings. The minimum absolute atomic E-state index is 0.00819. The number of hydrogen-bond donors (Lipinski definition) is 2. The lowest BCUT2D eigenvalue weighted by molar-refractivity contribution is -0.114. The van der Waals surface area contributed by atoms with E-state index in [1.165, 1.54) is 16.0 Å². The maximum Gasteiger partial charge on any atom is 0.350 e. The normalized spacial score (nSPS) is 11.7. The summed E-state index contributed by atoms with van der Waals surface area (Å²) in [6, 6.07) is 10.8. The molecule has 0 unspecified atom stereocenters. The monoisotopic (exact) mass is 355 g/mol. The van der Waals surface area contributed by atoms with Gasteiger partial charge in [-0.1, -0.05) is 12.1 Å². The highest BCUT2D eigenvalue weighted by Crippen LogP contribution is 2.21. The molecule has 3 rings (SSSR count). The summed E-state index contributed by atoms with van der Waals surface area (Å²) in [4.78, 5) is 23.6. The van der Waals surface area contributed by atoms with Crippen molar-refractivity contribution < 1.29 is 9.18 Å². The topological polar surface area (TPSA) is 94.4 Å². The van der Waals surface area contributed by atoms with Gasteiger partial charge in [-0.3, -0.25) is 4.79 Å². The SMILES string of the molecule is CC(=O)Nc1ccc(-c2ccc3nn(C/C(=C/F)CN)c(=O)n3c2)cc1. The highest BCUT2D eigenvalue weighted by Gasteiger charge is 2.10.